The average molecular weight is 381 g/mol. The molecule has 0 spiro atoms. The Morgan fingerprint density at radius 3 is 2.31 bits per heavy atom. The summed E-state index contributed by atoms with van der Waals surface area (Å²) in [5.41, 5.74) is 0.547. The molecular formula is C17H16FNO6S. The predicted octanol–water partition coefficient (Wildman–Crippen LogP) is 2.00. The van der Waals surface area contributed by atoms with E-state index in [4.69, 9.17) is 9.47 Å². The maximum Gasteiger partial charge on any atom is 0.344 e. The zero-order valence-electron chi connectivity index (χ0n) is 13.8. The first-order chi connectivity index (χ1) is 12.2. The van der Waals surface area contributed by atoms with Crippen LogP contribution in [0, 0.1) is 5.82 Å². The summed E-state index contributed by atoms with van der Waals surface area (Å²) < 4.78 is 47.6. The number of benzene rings is 2. The number of ketones is 1. The molecule has 0 amide bonds. The summed E-state index contributed by atoms with van der Waals surface area (Å²) in [4.78, 5) is 23.5. The quantitative estimate of drug-likeness (QED) is 0.555. The Labute approximate surface area is 149 Å². The smallest absolute Gasteiger partial charge is 0.344 e. The number of nitrogens with one attached hydrogen (secondary N) is 1. The minimum atomic E-state index is -3.41. The monoisotopic (exact) mass is 381 g/mol. The van der Waals surface area contributed by atoms with Gasteiger partial charge in [0, 0.05) is 11.3 Å². The Bertz CT molecular complexity index is 896. The predicted molar refractivity (Wildman–Crippen MR) is 92.1 cm³/mol. The lowest BCUT2D eigenvalue weighted by atomic mass is 10.1. The largest absolute Gasteiger partial charge is 0.479 e. The Hall–Kier alpha value is -2.94. The molecule has 0 saturated heterocycles. The molecule has 0 saturated carbocycles. The van der Waals surface area contributed by atoms with Gasteiger partial charge in [-0.15, -0.1) is 0 Å². The van der Waals surface area contributed by atoms with Crippen molar-refractivity contribution in [2.24, 2.45) is 0 Å². The standard InChI is InChI=1S/C17H16FNO6S/c1-26(22,23)19-13-8-6-12(7-9-13)15(20)10-25-17(21)11-24-16-5-3-2-4-14(16)18/h2-9,19H,10-11H2,1H3. The van der Waals surface area contributed by atoms with Gasteiger partial charge in [0.1, 0.15) is 0 Å². The summed E-state index contributed by atoms with van der Waals surface area (Å²) in [7, 11) is -3.41. The SMILES string of the molecule is CS(=O)(=O)Nc1ccc(C(=O)COC(=O)COc2ccccc2F)cc1. The number of halogens is 1. The van der Waals surface area contributed by atoms with Crippen LogP contribution in [0.1, 0.15) is 10.4 Å². The Balaban J connectivity index is 1.82. The molecule has 138 valence electrons. The van der Waals surface area contributed by atoms with Crippen molar-refractivity contribution in [1.82, 2.24) is 0 Å². The van der Waals surface area contributed by atoms with E-state index in [1.54, 1.807) is 6.07 Å². The molecule has 0 unspecified atom stereocenters. The van der Waals surface area contributed by atoms with Crippen LogP contribution in [-0.2, 0) is 19.6 Å². The molecule has 2 aromatic carbocycles. The van der Waals surface area contributed by atoms with Crippen molar-refractivity contribution >= 4 is 27.5 Å². The van der Waals surface area contributed by atoms with Gasteiger partial charge >= 0.3 is 5.97 Å². The molecule has 7 nitrogen and oxygen atoms in total. The Morgan fingerprint density at radius 1 is 1.04 bits per heavy atom. The van der Waals surface area contributed by atoms with Crippen molar-refractivity contribution in [3.63, 3.8) is 0 Å². The number of hydrogen-bond donors (Lipinski definition) is 1. The lowest BCUT2D eigenvalue weighted by Gasteiger charge is -2.08. The summed E-state index contributed by atoms with van der Waals surface area (Å²) >= 11 is 0. The lowest BCUT2D eigenvalue weighted by Crippen LogP contribution is -2.19. The van der Waals surface area contributed by atoms with E-state index in [0.29, 0.717) is 5.69 Å². The molecule has 0 aliphatic carbocycles. The van der Waals surface area contributed by atoms with Crippen LogP contribution < -0.4 is 9.46 Å². The van der Waals surface area contributed by atoms with Crippen molar-refractivity contribution in [3.8, 4) is 5.75 Å². The second-order valence-electron chi connectivity index (χ2n) is 5.25. The molecule has 0 heterocycles. The van der Waals surface area contributed by atoms with Crippen LogP contribution in [0.2, 0.25) is 0 Å². The van der Waals surface area contributed by atoms with Crippen LogP contribution in [0.5, 0.6) is 5.75 Å². The maximum atomic E-state index is 13.3. The van der Waals surface area contributed by atoms with E-state index in [1.165, 1.54) is 42.5 Å². The van der Waals surface area contributed by atoms with Crippen molar-refractivity contribution in [3.05, 3.63) is 59.9 Å². The van der Waals surface area contributed by atoms with E-state index >= 15 is 0 Å². The van der Waals surface area contributed by atoms with Gasteiger partial charge in [-0.3, -0.25) is 9.52 Å². The number of para-hydroxylation sites is 1. The zero-order valence-corrected chi connectivity index (χ0v) is 14.6. The number of ether oxygens (including phenoxy) is 2. The number of hydrogen-bond acceptors (Lipinski definition) is 6. The molecule has 0 atom stereocenters. The summed E-state index contributed by atoms with van der Waals surface area (Å²) in [5, 5.41) is 0. The normalized spacial score (nSPS) is 10.8. The number of carbonyl (C=O) groups excluding carboxylic acids is 2. The first kappa shape index (κ1) is 19.4. The summed E-state index contributed by atoms with van der Waals surface area (Å²) in [5.74, 6) is -2.00. The van der Waals surface area contributed by atoms with E-state index in [2.05, 4.69) is 4.72 Å². The van der Waals surface area contributed by atoms with Gasteiger partial charge in [0.15, 0.2) is 30.6 Å². The molecule has 0 bridgehead atoms. The highest BCUT2D eigenvalue weighted by atomic mass is 32.2. The number of Topliss-reactive ketones (excluding diaryl/α,β-unsaturated/α-hetero) is 1. The molecule has 0 radical (unpaired) electrons. The highest BCUT2D eigenvalue weighted by molar-refractivity contribution is 7.92. The van der Waals surface area contributed by atoms with Crippen LogP contribution in [0.25, 0.3) is 0 Å². The second-order valence-corrected chi connectivity index (χ2v) is 7.00. The third-order valence-electron chi connectivity index (χ3n) is 3.06. The third-order valence-corrected chi connectivity index (χ3v) is 3.66. The van der Waals surface area contributed by atoms with Gasteiger partial charge in [-0.2, -0.15) is 0 Å². The van der Waals surface area contributed by atoms with E-state index in [9.17, 15) is 22.4 Å². The number of rotatable bonds is 8. The number of anilines is 1. The minimum absolute atomic E-state index is 0.0928. The van der Waals surface area contributed by atoms with E-state index in [1.807, 2.05) is 0 Å². The van der Waals surface area contributed by atoms with Gasteiger partial charge in [0.25, 0.3) is 0 Å². The summed E-state index contributed by atoms with van der Waals surface area (Å²) in [6.07, 6.45) is 1.01. The molecular weight excluding hydrogens is 365 g/mol. The first-order valence-electron chi connectivity index (χ1n) is 7.38. The third kappa shape index (κ3) is 6.17. The van der Waals surface area contributed by atoms with E-state index in [-0.39, 0.29) is 11.3 Å². The number of esters is 1. The lowest BCUT2D eigenvalue weighted by molar-refractivity contribution is -0.144. The molecule has 0 aliphatic rings. The molecule has 2 rings (SSSR count). The molecule has 9 heteroatoms. The second kappa shape index (κ2) is 8.43. The van der Waals surface area contributed by atoms with Crippen LogP contribution in [-0.4, -0.2) is 39.6 Å². The van der Waals surface area contributed by atoms with Gasteiger partial charge in [-0.1, -0.05) is 12.1 Å². The summed E-state index contributed by atoms with van der Waals surface area (Å²) in [6, 6.07) is 11.2. The highest BCUT2D eigenvalue weighted by Crippen LogP contribution is 2.15. The van der Waals surface area contributed by atoms with Crippen molar-refractivity contribution in [2.45, 2.75) is 0 Å². The molecule has 0 aromatic heterocycles. The van der Waals surface area contributed by atoms with E-state index < -0.39 is 40.8 Å². The fourth-order valence-electron chi connectivity index (χ4n) is 1.91. The van der Waals surface area contributed by atoms with Crippen LogP contribution in [0.4, 0.5) is 10.1 Å². The molecule has 0 fully saturated rings. The fourth-order valence-corrected chi connectivity index (χ4v) is 2.47. The minimum Gasteiger partial charge on any atom is -0.479 e. The fraction of sp³-hybridized carbons (Fsp3) is 0.176. The van der Waals surface area contributed by atoms with Crippen LogP contribution in [0.3, 0.4) is 0 Å². The van der Waals surface area contributed by atoms with Crippen molar-refractivity contribution in [2.75, 3.05) is 24.2 Å². The van der Waals surface area contributed by atoms with Gasteiger partial charge in [-0.05, 0) is 36.4 Å². The molecule has 2 aromatic rings. The van der Waals surface area contributed by atoms with E-state index in [0.717, 1.165) is 6.26 Å². The first-order valence-corrected chi connectivity index (χ1v) is 9.28. The Kier molecular flexibility index (Phi) is 6.29. The topological polar surface area (TPSA) is 98.8 Å². The average Bonchev–Trinajstić information content (AvgIpc) is 2.58. The van der Waals surface area contributed by atoms with Gasteiger partial charge < -0.3 is 9.47 Å². The van der Waals surface area contributed by atoms with Crippen molar-refractivity contribution < 1.29 is 31.9 Å². The van der Waals surface area contributed by atoms with Crippen LogP contribution in [0.15, 0.2) is 48.5 Å². The molecule has 1 N–H and O–H groups in total. The number of sulfonamides is 1. The Morgan fingerprint density at radius 2 is 1.69 bits per heavy atom. The molecule has 0 aliphatic heterocycles. The van der Waals surface area contributed by atoms with Gasteiger partial charge in [-0.25, -0.2) is 17.6 Å². The highest BCUT2D eigenvalue weighted by Gasteiger charge is 2.12. The maximum absolute atomic E-state index is 13.3. The zero-order chi connectivity index (χ0) is 19.2. The number of carbonyl (C=O) groups is 2. The van der Waals surface area contributed by atoms with Crippen molar-refractivity contribution in [1.29, 1.82) is 0 Å². The summed E-state index contributed by atoms with van der Waals surface area (Å²) in [6.45, 7) is -1.05. The van der Waals surface area contributed by atoms with Crippen LogP contribution >= 0.6 is 0 Å². The molecule has 26 heavy (non-hydrogen) atoms. The van der Waals surface area contributed by atoms with Gasteiger partial charge in [0.05, 0.1) is 6.26 Å². The van der Waals surface area contributed by atoms with Gasteiger partial charge in [0.2, 0.25) is 10.0 Å².